The Hall–Kier alpha value is -1.27. The highest BCUT2D eigenvalue weighted by Gasteiger charge is 2.35. The van der Waals surface area contributed by atoms with Gasteiger partial charge in [-0.1, -0.05) is 0 Å². The molecule has 1 aliphatic carbocycles. The molecule has 2 fully saturated rings. The largest absolute Gasteiger partial charge is 0.378 e. The van der Waals surface area contributed by atoms with Crippen LogP contribution in [-0.4, -0.2) is 40.0 Å². The first kappa shape index (κ1) is 12.7. The maximum atomic E-state index is 11.8. The van der Waals surface area contributed by atoms with Crippen LogP contribution in [0.25, 0.3) is 0 Å². The lowest BCUT2D eigenvalue weighted by Gasteiger charge is -2.28. The van der Waals surface area contributed by atoms with Gasteiger partial charge < -0.3 is 9.64 Å². The molecule has 0 bridgehead atoms. The Kier molecular flexibility index (Phi) is 3.36. The summed E-state index contributed by atoms with van der Waals surface area (Å²) in [5.41, 5.74) is 1.75. The number of ether oxygens (including phenoxy) is 1. The maximum absolute atomic E-state index is 11.8. The molecule has 2 aliphatic rings. The third-order valence-corrected chi connectivity index (χ3v) is 5.34. The highest BCUT2D eigenvalue weighted by atomic mass is 32.2. The zero-order chi connectivity index (χ0) is 13.3. The van der Waals surface area contributed by atoms with E-state index in [4.69, 9.17) is 4.74 Å². The van der Waals surface area contributed by atoms with E-state index in [9.17, 15) is 8.42 Å². The SMILES string of the molecule is O=S(=O)(Nc1ccc(N2CCOCC2)cc1)C1CC1. The molecule has 19 heavy (non-hydrogen) atoms. The van der Waals surface area contributed by atoms with Crippen LogP contribution in [0.3, 0.4) is 0 Å². The Labute approximate surface area is 113 Å². The van der Waals surface area contributed by atoms with Crippen LogP contribution in [0.5, 0.6) is 0 Å². The van der Waals surface area contributed by atoms with Crippen LogP contribution in [0.15, 0.2) is 24.3 Å². The summed E-state index contributed by atoms with van der Waals surface area (Å²) in [6.45, 7) is 3.26. The van der Waals surface area contributed by atoms with E-state index in [1.54, 1.807) is 0 Å². The second kappa shape index (κ2) is 5.02. The van der Waals surface area contributed by atoms with Crippen molar-refractivity contribution >= 4 is 21.4 Å². The van der Waals surface area contributed by atoms with Crippen LogP contribution in [0.4, 0.5) is 11.4 Å². The van der Waals surface area contributed by atoms with Gasteiger partial charge in [0.15, 0.2) is 0 Å². The van der Waals surface area contributed by atoms with Gasteiger partial charge in [0.05, 0.1) is 18.5 Å². The van der Waals surface area contributed by atoms with Gasteiger partial charge >= 0.3 is 0 Å². The normalized spacial score (nSPS) is 20.3. The Morgan fingerprint density at radius 1 is 1.11 bits per heavy atom. The summed E-state index contributed by atoms with van der Waals surface area (Å²) in [6.07, 6.45) is 1.56. The fourth-order valence-electron chi connectivity index (χ4n) is 2.19. The van der Waals surface area contributed by atoms with E-state index in [0.717, 1.165) is 44.8 Å². The van der Waals surface area contributed by atoms with Gasteiger partial charge in [0.2, 0.25) is 10.0 Å². The first-order valence-corrected chi connectivity index (χ1v) is 8.14. The third-order valence-electron chi connectivity index (χ3n) is 3.47. The molecule has 0 amide bonds. The van der Waals surface area contributed by atoms with Crippen LogP contribution in [0.2, 0.25) is 0 Å². The number of hydrogen-bond acceptors (Lipinski definition) is 4. The maximum Gasteiger partial charge on any atom is 0.235 e. The molecule has 1 saturated heterocycles. The van der Waals surface area contributed by atoms with E-state index in [1.165, 1.54) is 0 Å². The predicted octanol–water partition coefficient (Wildman–Crippen LogP) is 1.43. The molecule has 1 N–H and O–H groups in total. The number of nitrogens with zero attached hydrogens (tertiary/aromatic N) is 1. The van der Waals surface area contributed by atoms with E-state index >= 15 is 0 Å². The molecule has 1 aliphatic heterocycles. The van der Waals surface area contributed by atoms with Gasteiger partial charge in [-0.2, -0.15) is 0 Å². The summed E-state index contributed by atoms with van der Waals surface area (Å²) in [4.78, 5) is 2.24. The van der Waals surface area contributed by atoms with Crippen LogP contribution < -0.4 is 9.62 Å². The number of anilines is 2. The van der Waals surface area contributed by atoms with Crippen LogP contribution in [-0.2, 0) is 14.8 Å². The van der Waals surface area contributed by atoms with Crippen LogP contribution in [0.1, 0.15) is 12.8 Å². The van der Waals surface area contributed by atoms with Gasteiger partial charge in [-0.15, -0.1) is 0 Å². The average molecular weight is 282 g/mol. The topological polar surface area (TPSA) is 58.6 Å². The van der Waals surface area contributed by atoms with Gasteiger partial charge in [0.1, 0.15) is 0 Å². The van der Waals surface area contributed by atoms with E-state index in [1.807, 2.05) is 24.3 Å². The number of sulfonamides is 1. The summed E-state index contributed by atoms with van der Waals surface area (Å²) in [5, 5.41) is -0.189. The van der Waals surface area contributed by atoms with Crippen LogP contribution >= 0.6 is 0 Å². The quantitative estimate of drug-likeness (QED) is 0.907. The molecule has 0 radical (unpaired) electrons. The molecular weight excluding hydrogens is 264 g/mol. The number of nitrogens with one attached hydrogen (secondary N) is 1. The molecule has 1 aromatic rings. The number of rotatable bonds is 4. The Balaban J connectivity index is 1.68. The van der Waals surface area contributed by atoms with Crippen LogP contribution in [0, 0.1) is 0 Å². The summed E-state index contributed by atoms with van der Waals surface area (Å²) in [7, 11) is -3.16. The molecule has 6 heteroatoms. The lowest BCUT2D eigenvalue weighted by atomic mass is 10.2. The average Bonchev–Trinajstić information content (AvgIpc) is 3.25. The number of benzene rings is 1. The van der Waals surface area contributed by atoms with Gasteiger partial charge in [-0.25, -0.2) is 8.42 Å². The molecule has 0 atom stereocenters. The zero-order valence-corrected chi connectivity index (χ0v) is 11.5. The number of morpholine rings is 1. The first-order valence-electron chi connectivity index (χ1n) is 6.59. The number of hydrogen-bond donors (Lipinski definition) is 1. The summed E-state index contributed by atoms with van der Waals surface area (Å²) in [5.74, 6) is 0. The van der Waals surface area contributed by atoms with Crippen molar-refractivity contribution in [3.8, 4) is 0 Å². The van der Waals surface area contributed by atoms with Gasteiger partial charge in [-0.3, -0.25) is 4.72 Å². The van der Waals surface area contributed by atoms with E-state index in [0.29, 0.717) is 5.69 Å². The molecule has 1 aromatic carbocycles. The van der Waals surface area contributed by atoms with Gasteiger partial charge in [-0.05, 0) is 37.1 Å². The van der Waals surface area contributed by atoms with E-state index in [2.05, 4.69) is 9.62 Å². The molecule has 1 heterocycles. The van der Waals surface area contributed by atoms with Crippen molar-refractivity contribution in [2.24, 2.45) is 0 Å². The van der Waals surface area contributed by atoms with Crippen molar-refractivity contribution in [1.82, 2.24) is 0 Å². The van der Waals surface area contributed by atoms with Gasteiger partial charge in [0.25, 0.3) is 0 Å². The highest BCUT2D eigenvalue weighted by Crippen LogP contribution is 2.30. The van der Waals surface area contributed by atoms with Crippen molar-refractivity contribution < 1.29 is 13.2 Å². The first-order chi connectivity index (χ1) is 9.15. The van der Waals surface area contributed by atoms with Gasteiger partial charge in [0, 0.05) is 24.5 Å². The van der Waals surface area contributed by atoms with Crippen molar-refractivity contribution in [2.75, 3.05) is 35.9 Å². The van der Waals surface area contributed by atoms with Crippen molar-refractivity contribution in [2.45, 2.75) is 18.1 Å². The van der Waals surface area contributed by atoms with Crippen molar-refractivity contribution in [3.63, 3.8) is 0 Å². The minimum atomic E-state index is -3.16. The Morgan fingerprint density at radius 2 is 1.74 bits per heavy atom. The molecular formula is C13H18N2O3S. The second-order valence-electron chi connectivity index (χ2n) is 4.99. The molecule has 1 saturated carbocycles. The fraction of sp³-hybridized carbons (Fsp3) is 0.538. The lowest BCUT2D eigenvalue weighted by Crippen LogP contribution is -2.36. The molecule has 0 spiro atoms. The zero-order valence-electron chi connectivity index (χ0n) is 10.7. The van der Waals surface area contributed by atoms with E-state index in [-0.39, 0.29) is 5.25 Å². The van der Waals surface area contributed by atoms with Crippen molar-refractivity contribution in [3.05, 3.63) is 24.3 Å². The molecule has 104 valence electrons. The monoisotopic (exact) mass is 282 g/mol. The Morgan fingerprint density at radius 3 is 2.32 bits per heavy atom. The fourth-order valence-corrected chi connectivity index (χ4v) is 3.58. The lowest BCUT2D eigenvalue weighted by molar-refractivity contribution is 0.122. The second-order valence-corrected chi connectivity index (χ2v) is 6.95. The molecule has 3 rings (SSSR count). The highest BCUT2D eigenvalue weighted by molar-refractivity contribution is 7.93. The summed E-state index contributed by atoms with van der Waals surface area (Å²) >= 11 is 0. The standard InChI is InChI=1S/C13H18N2O3S/c16-19(17,13-5-6-13)14-11-1-3-12(4-2-11)15-7-9-18-10-8-15/h1-4,13-14H,5-10H2. The molecule has 0 unspecified atom stereocenters. The minimum absolute atomic E-state index is 0.189. The minimum Gasteiger partial charge on any atom is -0.378 e. The third kappa shape index (κ3) is 3.01. The molecule has 5 nitrogen and oxygen atoms in total. The van der Waals surface area contributed by atoms with Crippen molar-refractivity contribution in [1.29, 1.82) is 0 Å². The summed E-state index contributed by atoms with van der Waals surface area (Å²) in [6, 6.07) is 7.56. The predicted molar refractivity (Wildman–Crippen MR) is 75.0 cm³/mol. The smallest absolute Gasteiger partial charge is 0.235 e. The van der Waals surface area contributed by atoms with E-state index < -0.39 is 10.0 Å². The molecule has 0 aromatic heterocycles. The summed E-state index contributed by atoms with van der Waals surface area (Å²) < 4.78 is 31.6. The Bertz CT molecular complexity index is 532.